The van der Waals surface area contributed by atoms with Gasteiger partial charge in [-0.05, 0) is 30.7 Å². The lowest BCUT2D eigenvalue weighted by Gasteiger charge is -2.14. The van der Waals surface area contributed by atoms with E-state index in [1.165, 1.54) is 12.1 Å². The molecule has 0 aliphatic rings. The fourth-order valence-corrected chi connectivity index (χ4v) is 3.55. The fourth-order valence-electron chi connectivity index (χ4n) is 2.29. The van der Waals surface area contributed by atoms with Crippen LogP contribution in [0.3, 0.4) is 0 Å². The minimum absolute atomic E-state index is 0.109. The first-order chi connectivity index (χ1) is 10.5. The van der Waals surface area contributed by atoms with Crippen molar-refractivity contribution in [3.8, 4) is 0 Å². The Labute approximate surface area is 127 Å². The number of sulfonamides is 1. The quantitative estimate of drug-likeness (QED) is 0.686. The zero-order valence-corrected chi connectivity index (χ0v) is 12.6. The monoisotopic (exact) mass is 317 g/mol. The Hall–Kier alpha value is -2.38. The van der Waals surface area contributed by atoms with Gasteiger partial charge in [-0.15, -0.1) is 0 Å². The van der Waals surface area contributed by atoms with Crippen molar-refractivity contribution < 1.29 is 8.42 Å². The number of benzene rings is 2. The molecule has 3 rings (SSSR count). The molecule has 3 aromatic rings. The summed E-state index contributed by atoms with van der Waals surface area (Å²) in [4.78, 5) is 16.5. The van der Waals surface area contributed by atoms with Crippen LogP contribution >= 0.6 is 0 Å². The molecule has 0 spiro atoms. The molecule has 0 radical (unpaired) electrons. The van der Waals surface area contributed by atoms with E-state index in [2.05, 4.69) is 14.7 Å². The standard InChI is InChI=1S/C15H15N3O3S/c1-10(11-5-3-2-4-6-11)18-22(20,21)12-7-8-13-14(9-12)17-15(19)16-13/h2-10,18H,1H3,(H2,16,17,19)/t10-/m1/s1. The van der Waals surface area contributed by atoms with Gasteiger partial charge in [-0.1, -0.05) is 30.3 Å². The van der Waals surface area contributed by atoms with Crippen molar-refractivity contribution in [1.82, 2.24) is 14.7 Å². The van der Waals surface area contributed by atoms with Gasteiger partial charge in [-0.3, -0.25) is 0 Å². The summed E-state index contributed by atoms with van der Waals surface area (Å²) >= 11 is 0. The van der Waals surface area contributed by atoms with Gasteiger partial charge in [0.1, 0.15) is 0 Å². The first-order valence-electron chi connectivity index (χ1n) is 6.75. The Balaban J connectivity index is 1.92. The van der Waals surface area contributed by atoms with Crippen molar-refractivity contribution >= 4 is 21.1 Å². The molecule has 0 aliphatic heterocycles. The summed E-state index contributed by atoms with van der Waals surface area (Å²) in [5.74, 6) is 0. The zero-order chi connectivity index (χ0) is 15.7. The van der Waals surface area contributed by atoms with Crippen molar-refractivity contribution in [1.29, 1.82) is 0 Å². The largest absolute Gasteiger partial charge is 0.323 e. The van der Waals surface area contributed by atoms with Gasteiger partial charge in [0.05, 0.1) is 15.9 Å². The summed E-state index contributed by atoms with van der Waals surface area (Å²) in [6.07, 6.45) is 0. The maximum Gasteiger partial charge on any atom is 0.323 e. The van der Waals surface area contributed by atoms with E-state index in [1.807, 2.05) is 30.3 Å². The van der Waals surface area contributed by atoms with E-state index in [-0.39, 0.29) is 16.6 Å². The Morgan fingerprint density at radius 3 is 2.41 bits per heavy atom. The van der Waals surface area contributed by atoms with Gasteiger partial charge in [0.15, 0.2) is 0 Å². The van der Waals surface area contributed by atoms with E-state index in [0.717, 1.165) is 5.56 Å². The van der Waals surface area contributed by atoms with Crippen LogP contribution in [-0.4, -0.2) is 18.4 Å². The molecule has 114 valence electrons. The molecule has 0 bridgehead atoms. The van der Waals surface area contributed by atoms with Crippen molar-refractivity contribution in [3.05, 3.63) is 64.6 Å². The molecule has 2 aromatic carbocycles. The SMILES string of the molecule is C[C@@H](NS(=O)(=O)c1ccc2[nH]c(=O)[nH]c2c1)c1ccccc1. The molecule has 0 unspecified atom stereocenters. The molecule has 0 amide bonds. The molecule has 6 nitrogen and oxygen atoms in total. The molecule has 1 aromatic heterocycles. The van der Waals surface area contributed by atoms with Gasteiger partial charge in [0.25, 0.3) is 0 Å². The molecule has 1 atom stereocenters. The van der Waals surface area contributed by atoms with Crippen LogP contribution in [0.25, 0.3) is 11.0 Å². The van der Waals surface area contributed by atoms with Crippen molar-refractivity contribution in [2.24, 2.45) is 0 Å². The van der Waals surface area contributed by atoms with E-state index >= 15 is 0 Å². The summed E-state index contributed by atoms with van der Waals surface area (Å²) in [5.41, 5.74) is 1.54. The third-order valence-corrected chi connectivity index (χ3v) is 4.97. The highest BCUT2D eigenvalue weighted by Gasteiger charge is 2.19. The first-order valence-corrected chi connectivity index (χ1v) is 8.23. The van der Waals surface area contributed by atoms with Crippen molar-refractivity contribution in [2.75, 3.05) is 0 Å². The minimum atomic E-state index is -3.68. The van der Waals surface area contributed by atoms with Crippen LogP contribution < -0.4 is 10.4 Å². The third-order valence-electron chi connectivity index (χ3n) is 3.43. The molecule has 0 saturated carbocycles. The van der Waals surface area contributed by atoms with E-state index < -0.39 is 10.0 Å². The van der Waals surface area contributed by atoms with Crippen LogP contribution in [0.1, 0.15) is 18.5 Å². The molecule has 1 heterocycles. The Morgan fingerprint density at radius 1 is 1.00 bits per heavy atom. The van der Waals surface area contributed by atoms with Gasteiger partial charge < -0.3 is 9.97 Å². The van der Waals surface area contributed by atoms with E-state index in [4.69, 9.17) is 0 Å². The van der Waals surface area contributed by atoms with Crippen LogP contribution in [0.2, 0.25) is 0 Å². The first kappa shape index (κ1) is 14.6. The number of aromatic nitrogens is 2. The second kappa shape index (κ2) is 5.43. The highest BCUT2D eigenvalue weighted by molar-refractivity contribution is 7.89. The van der Waals surface area contributed by atoms with Gasteiger partial charge in [0.2, 0.25) is 10.0 Å². The van der Waals surface area contributed by atoms with Crippen molar-refractivity contribution in [2.45, 2.75) is 17.9 Å². The number of nitrogens with one attached hydrogen (secondary N) is 3. The lowest BCUT2D eigenvalue weighted by molar-refractivity contribution is 0.567. The minimum Gasteiger partial charge on any atom is -0.306 e. The average molecular weight is 317 g/mol. The highest BCUT2D eigenvalue weighted by Crippen LogP contribution is 2.19. The number of aromatic amines is 2. The number of fused-ring (bicyclic) bond motifs is 1. The second-order valence-electron chi connectivity index (χ2n) is 5.04. The number of hydrogen-bond acceptors (Lipinski definition) is 3. The lowest BCUT2D eigenvalue weighted by atomic mass is 10.1. The van der Waals surface area contributed by atoms with E-state index in [9.17, 15) is 13.2 Å². The molecule has 0 aliphatic carbocycles. The van der Waals surface area contributed by atoms with Crippen molar-refractivity contribution in [3.63, 3.8) is 0 Å². The summed E-state index contributed by atoms with van der Waals surface area (Å²) in [6.45, 7) is 1.78. The van der Waals surface area contributed by atoms with Gasteiger partial charge in [-0.2, -0.15) is 0 Å². The van der Waals surface area contributed by atoms with E-state index in [0.29, 0.717) is 11.0 Å². The zero-order valence-electron chi connectivity index (χ0n) is 11.8. The summed E-state index contributed by atoms with van der Waals surface area (Å²) in [7, 11) is -3.68. The normalized spacial score (nSPS) is 13.3. The second-order valence-corrected chi connectivity index (χ2v) is 6.75. The summed E-state index contributed by atoms with van der Waals surface area (Å²) in [6, 6.07) is 13.4. The van der Waals surface area contributed by atoms with Crippen LogP contribution in [0.15, 0.2) is 58.2 Å². The van der Waals surface area contributed by atoms with Crippen LogP contribution in [0.5, 0.6) is 0 Å². The molecule has 0 fully saturated rings. The number of rotatable bonds is 4. The van der Waals surface area contributed by atoms with Gasteiger partial charge in [-0.25, -0.2) is 17.9 Å². The third kappa shape index (κ3) is 2.81. The van der Waals surface area contributed by atoms with Gasteiger partial charge >= 0.3 is 5.69 Å². The smallest absolute Gasteiger partial charge is 0.306 e. The van der Waals surface area contributed by atoms with Crippen LogP contribution in [0.4, 0.5) is 0 Å². The summed E-state index contributed by atoms with van der Waals surface area (Å²) in [5, 5.41) is 0. The highest BCUT2D eigenvalue weighted by atomic mass is 32.2. The fraction of sp³-hybridized carbons (Fsp3) is 0.133. The molecule has 0 saturated heterocycles. The average Bonchev–Trinajstić information content (AvgIpc) is 2.86. The molecule has 7 heteroatoms. The number of H-pyrrole nitrogens is 2. The predicted octanol–water partition coefficient (Wildman–Crippen LogP) is 1.90. The summed E-state index contributed by atoms with van der Waals surface area (Å²) < 4.78 is 27.5. The maximum atomic E-state index is 12.5. The maximum absolute atomic E-state index is 12.5. The topological polar surface area (TPSA) is 94.8 Å². The molecular formula is C15H15N3O3S. The molecule has 3 N–H and O–H groups in total. The van der Waals surface area contributed by atoms with E-state index in [1.54, 1.807) is 13.0 Å². The lowest BCUT2D eigenvalue weighted by Crippen LogP contribution is -2.26. The molecule has 22 heavy (non-hydrogen) atoms. The van der Waals surface area contributed by atoms with Gasteiger partial charge in [0, 0.05) is 6.04 Å². The predicted molar refractivity (Wildman–Crippen MR) is 84.1 cm³/mol. The molecular weight excluding hydrogens is 302 g/mol. The van der Waals surface area contributed by atoms with Crippen LogP contribution in [0, 0.1) is 0 Å². The Bertz CT molecular complexity index is 958. The number of hydrogen-bond donors (Lipinski definition) is 3. The Morgan fingerprint density at radius 2 is 1.68 bits per heavy atom. The van der Waals surface area contributed by atoms with Crippen LogP contribution in [-0.2, 0) is 10.0 Å². The number of imidazole rings is 1. The Kier molecular flexibility index (Phi) is 3.59.